The summed E-state index contributed by atoms with van der Waals surface area (Å²) in [6, 6.07) is 0.194. The van der Waals surface area contributed by atoms with Crippen molar-refractivity contribution in [1.29, 1.82) is 0 Å². The number of hydrogen-bond acceptors (Lipinski definition) is 3. The lowest BCUT2D eigenvalue weighted by Gasteiger charge is -2.30. The molecule has 5 heteroatoms. The SMILES string of the molecule is CC(NC(=O)C1CCC(=O)NC1)C1CCOCC1. The molecule has 102 valence electrons. The molecule has 2 unspecified atom stereocenters. The number of ether oxygens (including phenoxy) is 1. The van der Waals surface area contributed by atoms with E-state index in [1.54, 1.807) is 0 Å². The van der Waals surface area contributed by atoms with Crippen LogP contribution in [0, 0.1) is 11.8 Å². The molecule has 5 nitrogen and oxygen atoms in total. The van der Waals surface area contributed by atoms with Crippen molar-refractivity contribution in [3.8, 4) is 0 Å². The van der Waals surface area contributed by atoms with Crippen LogP contribution in [0.25, 0.3) is 0 Å². The van der Waals surface area contributed by atoms with E-state index in [1.165, 1.54) is 0 Å². The standard InChI is InChI=1S/C13H22N2O3/c1-9(10-4-6-18-7-5-10)15-13(17)11-2-3-12(16)14-8-11/h9-11H,2-8H2,1H3,(H,14,16)(H,15,17). The third-order valence-corrected chi connectivity index (χ3v) is 3.98. The van der Waals surface area contributed by atoms with Crippen molar-refractivity contribution in [1.82, 2.24) is 10.6 Å². The first-order valence-corrected chi connectivity index (χ1v) is 6.81. The molecule has 0 saturated carbocycles. The molecule has 2 heterocycles. The van der Waals surface area contributed by atoms with Crippen molar-refractivity contribution in [3.05, 3.63) is 0 Å². The van der Waals surface area contributed by atoms with Gasteiger partial charge in [-0.15, -0.1) is 0 Å². The summed E-state index contributed by atoms with van der Waals surface area (Å²) in [6.07, 6.45) is 3.16. The minimum atomic E-state index is -0.0648. The summed E-state index contributed by atoms with van der Waals surface area (Å²) in [4.78, 5) is 23.1. The average Bonchev–Trinajstić information content (AvgIpc) is 2.40. The van der Waals surface area contributed by atoms with E-state index in [0.29, 0.717) is 25.3 Å². The molecule has 0 bridgehead atoms. The first-order chi connectivity index (χ1) is 8.66. The Kier molecular flexibility index (Phi) is 4.58. The van der Waals surface area contributed by atoms with E-state index in [4.69, 9.17) is 4.74 Å². The number of rotatable bonds is 3. The van der Waals surface area contributed by atoms with E-state index in [-0.39, 0.29) is 23.8 Å². The van der Waals surface area contributed by atoms with Crippen LogP contribution in [0.2, 0.25) is 0 Å². The van der Waals surface area contributed by atoms with E-state index in [9.17, 15) is 9.59 Å². The van der Waals surface area contributed by atoms with Crippen LogP contribution in [-0.4, -0.2) is 37.6 Å². The Morgan fingerprint density at radius 1 is 1.39 bits per heavy atom. The van der Waals surface area contributed by atoms with Crippen LogP contribution in [0.3, 0.4) is 0 Å². The maximum atomic E-state index is 12.1. The molecule has 18 heavy (non-hydrogen) atoms. The summed E-state index contributed by atoms with van der Waals surface area (Å²) in [7, 11) is 0. The number of nitrogens with one attached hydrogen (secondary N) is 2. The predicted octanol–water partition coefficient (Wildman–Crippen LogP) is 0.444. The van der Waals surface area contributed by atoms with E-state index < -0.39 is 0 Å². The summed E-state index contributed by atoms with van der Waals surface area (Å²) in [5.41, 5.74) is 0. The van der Waals surface area contributed by atoms with Crippen LogP contribution in [0.5, 0.6) is 0 Å². The Morgan fingerprint density at radius 2 is 2.11 bits per heavy atom. The minimum absolute atomic E-state index is 0.0523. The van der Waals surface area contributed by atoms with Gasteiger partial charge in [-0.1, -0.05) is 0 Å². The Morgan fingerprint density at radius 3 is 2.72 bits per heavy atom. The first kappa shape index (κ1) is 13.3. The molecule has 2 aliphatic rings. The van der Waals surface area contributed by atoms with Crippen molar-refractivity contribution >= 4 is 11.8 Å². The molecule has 2 rings (SSSR count). The molecular weight excluding hydrogens is 232 g/mol. The highest BCUT2D eigenvalue weighted by Gasteiger charge is 2.27. The van der Waals surface area contributed by atoms with Crippen LogP contribution < -0.4 is 10.6 Å². The molecule has 2 aliphatic heterocycles. The molecule has 2 fully saturated rings. The molecule has 2 saturated heterocycles. The van der Waals surface area contributed by atoms with Crippen LogP contribution >= 0.6 is 0 Å². The van der Waals surface area contributed by atoms with Gasteiger partial charge in [0.2, 0.25) is 11.8 Å². The molecule has 2 amide bonds. The van der Waals surface area contributed by atoms with Crippen molar-refractivity contribution in [3.63, 3.8) is 0 Å². The van der Waals surface area contributed by atoms with Crippen molar-refractivity contribution in [2.45, 2.75) is 38.6 Å². The predicted molar refractivity (Wildman–Crippen MR) is 66.9 cm³/mol. The molecule has 0 aromatic rings. The van der Waals surface area contributed by atoms with Crippen molar-refractivity contribution in [2.75, 3.05) is 19.8 Å². The van der Waals surface area contributed by atoms with Gasteiger partial charge in [0.1, 0.15) is 0 Å². The Balaban J connectivity index is 1.77. The Hall–Kier alpha value is -1.10. The quantitative estimate of drug-likeness (QED) is 0.768. The van der Waals surface area contributed by atoms with Crippen molar-refractivity contribution < 1.29 is 14.3 Å². The molecular formula is C13H22N2O3. The lowest BCUT2D eigenvalue weighted by atomic mass is 9.91. The van der Waals surface area contributed by atoms with Gasteiger partial charge in [-0.3, -0.25) is 9.59 Å². The molecule has 2 atom stereocenters. The largest absolute Gasteiger partial charge is 0.381 e. The summed E-state index contributed by atoms with van der Waals surface area (Å²) in [6.45, 7) is 4.13. The highest BCUT2D eigenvalue weighted by atomic mass is 16.5. The molecule has 0 spiro atoms. The zero-order chi connectivity index (χ0) is 13.0. The number of amides is 2. The maximum Gasteiger partial charge on any atom is 0.225 e. The van der Waals surface area contributed by atoms with Gasteiger partial charge in [-0.25, -0.2) is 0 Å². The van der Waals surface area contributed by atoms with E-state index in [1.807, 2.05) is 0 Å². The molecule has 0 aliphatic carbocycles. The number of carbonyl (C=O) groups is 2. The van der Waals surface area contributed by atoms with Crippen molar-refractivity contribution in [2.24, 2.45) is 11.8 Å². The van der Waals surface area contributed by atoms with Gasteiger partial charge in [0.25, 0.3) is 0 Å². The van der Waals surface area contributed by atoms with E-state index >= 15 is 0 Å². The average molecular weight is 254 g/mol. The fraction of sp³-hybridized carbons (Fsp3) is 0.846. The minimum Gasteiger partial charge on any atom is -0.381 e. The van der Waals surface area contributed by atoms with E-state index in [2.05, 4.69) is 17.6 Å². The number of carbonyl (C=O) groups excluding carboxylic acids is 2. The first-order valence-electron chi connectivity index (χ1n) is 6.81. The highest BCUT2D eigenvalue weighted by molar-refractivity contribution is 5.83. The van der Waals surface area contributed by atoms with Gasteiger partial charge in [-0.05, 0) is 32.1 Å². The fourth-order valence-corrected chi connectivity index (χ4v) is 2.63. The van der Waals surface area contributed by atoms with Gasteiger partial charge in [0.15, 0.2) is 0 Å². The number of hydrogen-bond donors (Lipinski definition) is 2. The van der Waals surface area contributed by atoms with Gasteiger partial charge in [0, 0.05) is 32.2 Å². The lowest BCUT2D eigenvalue weighted by Crippen LogP contribution is -2.47. The van der Waals surface area contributed by atoms with Gasteiger partial charge in [-0.2, -0.15) is 0 Å². The van der Waals surface area contributed by atoms with Gasteiger partial charge in [0.05, 0.1) is 5.92 Å². The smallest absolute Gasteiger partial charge is 0.225 e. The summed E-state index contributed by atoms with van der Waals surface area (Å²) >= 11 is 0. The molecule has 2 N–H and O–H groups in total. The molecule has 0 radical (unpaired) electrons. The second-order valence-electron chi connectivity index (χ2n) is 5.29. The van der Waals surface area contributed by atoms with Crippen LogP contribution in [0.4, 0.5) is 0 Å². The summed E-state index contributed by atoms with van der Waals surface area (Å²) in [5.74, 6) is 0.580. The lowest BCUT2D eigenvalue weighted by molar-refractivity contribution is -0.129. The zero-order valence-corrected chi connectivity index (χ0v) is 10.9. The zero-order valence-electron chi connectivity index (χ0n) is 10.9. The third-order valence-electron chi connectivity index (χ3n) is 3.98. The second-order valence-corrected chi connectivity index (χ2v) is 5.29. The summed E-state index contributed by atoms with van der Waals surface area (Å²) < 4.78 is 5.32. The fourth-order valence-electron chi connectivity index (χ4n) is 2.63. The maximum absolute atomic E-state index is 12.1. The van der Waals surface area contributed by atoms with Crippen LogP contribution in [-0.2, 0) is 14.3 Å². The number of piperidine rings is 1. The summed E-state index contributed by atoms with van der Waals surface area (Å²) in [5, 5.41) is 5.83. The normalized spacial score (nSPS) is 27.4. The Labute approximate surface area is 108 Å². The van der Waals surface area contributed by atoms with Crippen LogP contribution in [0.15, 0.2) is 0 Å². The Bertz CT molecular complexity index is 303. The third kappa shape index (κ3) is 3.45. The van der Waals surface area contributed by atoms with Gasteiger partial charge >= 0.3 is 0 Å². The molecule has 0 aromatic heterocycles. The highest BCUT2D eigenvalue weighted by Crippen LogP contribution is 2.19. The molecule has 0 aromatic carbocycles. The van der Waals surface area contributed by atoms with Crippen LogP contribution in [0.1, 0.15) is 32.6 Å². The second kappa shape index (κ2) is 6.18. The van der Waals surface area contributed by atoms with Gasteiger partial charge < -0.3 is 15.4 Å². The monoisotopic (exact) mass is 254 g/mol. The van der Waals surface area contributed by atoms with E-state index in [0.717, 1.165) is 26.1 Å². The topological polar surface area (TPSA) is 67.4 Å².